The van der Waals surface area contributed by atoms with Crippen LogP contribution in [-0.2, 0) is 28.6 Å². The number of rotatable bonds is 48. The first-order valence-electron chi connectivity index (χ1n) is 27.4. The molecule has 0 aliphatic rings. The van der Waals surface area contributed by atoms with Gasteiger partial charge in [0.15, 0.2) is 6.10 Å². The summed E-state index contributed by atoms with van der Waals surface area (Å²) in [6, 6.07) is 0. The number of carbonyl (C=O) groups is 3. The number of esters is 3. The molecule has 1 atom stereocenters. The van der Waals surface area contributed by atoms with Crippen LogP contribution >= 0.6 is 0 Å². The molecule has 0 saturated heterocycles. The first-order valence-corrected chi connectivity index (χ1v) is 27.4. The van der Waals surface area contributed by atoms with Crippen molar-refractivity contribution < 1.29 is 28.6 Å². The predicted octanol–water partition coefficient (Wildman–Crippen LogP) is 18.3. The molecular weight excluding hydrogens is 829 g/mol. The summed E-state index contributed by atoms with van der Waals surface area (Å²) in [5, 5.41) is 0. The number of hydrogen-bond acceptors (Lipinski definition) is 6. The van der Waals surface area contributed by atoms with Crippen LogP contribution in [0, 0.1) is 0 Å². The molecule has 380 valence electrons. The van der Waals surface area contributed by atoms with E-state index in [9.17, 15) is 14.4 Å². The molecule has 0 amide bonds. The normalized spacial score (nSPS) is 12.9. The first-order chi connectivity index (χ1) is 33.0. The summed E-state index contributed by atoms with van der Waals surface area (Å²) in [5.41, 5.74) is 0. The van der Waals surface area contributed by atoms with E-state index in [2.05, 4.69) is 130 Å². The molecule has 6 nitrogen and oxygen atoms in total. The monoisotopic (exact) mass is 929 g/mol. The molecule has 0 heterocycles. The maximum absolute atomic E-state index is 12.7. The Labute approximate surface area is 412 Å². The van der Waals surface area contributed by atoms with Crippen LogP contribution in [0.3, 0.4) is 0 Å². The average Bonchev–Trinajstić information content (AvgIpc) is 3.33. The van der Waals surface area contributed by atoms with Crippen LogP contribution in [0.4, 0.5) is 0 Å². The van der Waals surface area contributed by atoms with Crippen molar-refractivity contribution in [2.24, 2.45) is 0 Å². The van der Waals surface area contributed by atoms with Crippen molar-refractivity contribution in [3.8, 4) is 0 Å². The first kappa shape index (κ1) is 63.1. The van der Waals surface area contributed by atoms with Crippen LogP contribution in [0.1, 0.15) is 239 Å². The molecule has 0 spiro atoms. The summed E-state index contributed by atoms with van der Waals surface area (Å²) in [4.78, 5) is 37.8. The van der Waals surface area contributed by atoms with Crippen molar-refractivity contribution in [2.45, 2.75) is 245 Å². The van der Waals surface area contributed by atoms with E-state index in [4.69, 9.17) is 14.2 Å². The Morgan fingerprint density at radius 3 is 0.910 bits per heavy atom. The van der Waals surface area contributed by atoms with E-state index in [0.717, 1.165) is 122 Å². The third-order valence-corrected chi connectivity index (χ3v) is 11.3. The van der Waals surface area contributed by atoms with E-state index in [1.807, 2.05) is 0 Å². The fourth-order valence-electron chi connectivity index (χ4n) is 7.20. The lowest BCUT2D eigenvalue weighted by molar-refractivity contribution is -0.167. The van der Waals surface area contributed by atoms with Gasteiger partial charge in [0.2, 0.25) is 0 Å². The van der Waals surface area contributed by atoms with Crippen molar-refractivity contribution in [3.63, 3.8) is 0 Å². The van der Waals surface area contributed by atoms with Crippen LogP contribution in [0.15, 0.2) is 109 Å². The lowest BCUT2D eigenvalue weighted by Gasteiger charge is -2.18. The topological polar surface area (TPSA) is 78.9 Å². The van der Waals surface area contributed by atoms with Crippen LogP contribution < -0.4 is 0 Å². The molecule has 1 unspecified atom stereocenters. The Bertz CT molecular complexity index is 1390. The maximum Gasteiger partial charge on any atom is 0.306 e. The molecule has 0 aromatic heterocycles. The van der Waals surface area contributed by atoms with E-state index in [1.54, 1.807) is 0 Å². The third-order valence-electron chi connectivity index (χ3n) is 11.3. The standard InChI is InChI=1S/C61H100O6/c1-4-7-10-13-16-19-20-21-22-23-24-25-26-27-28-29-30-31-32-33-34-35-36-37-38-39-40-43-45-48-51-54-60(63)66-57-58(67-61(64)55-52-49-46-42-18-15-12-9-6-3)56-65-59(62)53-50-47-44-41-17-14-11-8-5-2/h7,10,16,19,21-22,24-25,27-28,30-31,33-34,36-37,39-40,58H,4-6,8-9,11-15,17-18,20,23,26,29,32,35,38,41-57H2,1-3H3/b10-7-,19-16-,22-21-,25-24-,28-27-,31-30-,34-33-,37-36-,40-39-. The fourth-order valence-corrected chi connectivity index (χ4v) is 7.20. The Morgan fingerprint density at radius 1 is 0.313 bits per heavy atom. The molecule has 0 fully saturated rings. The molecule has 0 aromatic rings. The Hall–Kier alpha value is -3.93. The van der Waals surface area contributed by atoms with Gasteiger partial charge in [-0.3, -0.25) is 14.4 Å². The van der Waals surface area contributed by atoms with Crippen molar-refractivity contribution >= 4 is 17.9 Å². The van der Waals surface area contributed by atoms with Crippen LogP contribution in [0.25, 0.3) is 0 Å². The molecule has 0 aromatic carbocycles. The lowest BCUT2D eigenvalue weighted by atomic mass is 10.1. The Balaban J connectivity index is 4.22. The van der Waals surface area contributed by atoms with Gasteiger partial charge in [0.25, 0.3) is 0 Å². The molecular formula is C61H100O6. The van der Waals surface area contributed by atoms with E-state index < -0.39 is 6.10 Å². The highest BCUT2D eigenvalue weighted by molar-refractivity contribution is 5.71. The summed E-state index contributed by atoms with van der Waals surface area (Å²) in [5.74, 6) is -0.931. The molecule has 6 heteroatoms. The minimum absolute atomic E-state index is 0.0870. The van der Waals surface area contributed by atoms with E-state index >= 15 is 0 Å². The van der Waals surface area contributed by atoms with Crippen molar-refractivity contribution in [3.05, 3.63) is 109 Å². The molecule has 0 aliphatic heterocycles. The zero-order valence-electron chi connectivity index (χ0n) is 43.4. The fraction of sp³-hybridized carbons (Fsp3) is 0.656. The van der Waals surface area contributed by atoms with Gasteiger partial charge in [-0.2, -0.15) is 0 Å². The Morgan fingerprint density at radius 2 is 0.582 bits per heavy atom. The minimum Gasteiger partial charge on any atom is -0.462 e. The highest BCUT2D eigenvalue weighted by Gasteiger charge is 2.19. The van der Waals surface area contributed by atoms with Crippen molar-refractivity contribution in [1.29, 1.82) is 0 Å². The van der Waals surface area contributed by atoms with Crippen molar-refractivity contribution in [1.82, 2.24) is 0 Å². The van der Waals surface area contributed by atoms with Gasteiger partial charge in [-0.25, -0.2) is 0 Å². The highest BCUT2D eigenvalue weighted by Crippen LogP contribution is 2.14. The highest BCUT2D eigenvalue weighted by atomic mass is 16.6. The average molecular weight is 929 g/mol. The number of unbranched alkanes of at least 4 members (excludes halogenated alkanes) is 19. The number of hydrogen-bond donors (Lipinski definition) is 0. The molecule has 67 heavy (non-hydrogen) atoms. The van der Waals surface area contributed by atoms with E-state index in [1.165, 1.54) is 77.0 Å². The summed E-state index contributed by atoms with van der Waals surface area (Å²) in [6.45, 7) is 6.44. The smallest absolute Gasteiger partial charge is 0.306 e. The van der Waals surface area contributed by atoms with Crippen molar-refractivity contribution in [2.75, 3.05) is 13.2 Å². The second-order valence-electron chi connectivity index (χ2n) is 17.8. The SMILES string of the molecule is CC/C=C\C/C=C\C/C=C\C/C=C\C/C=C\C/C=C\C/C=C\C/C=C\C/C=C\CCCCCC(=O)OCC(COC(=O)CCCCCCCCCCC)OC(=O)CCCCCCCCCCC. The summed E-state index contributed by atoms with van der Waals surface area (Å²) >= 11 is 0. The van der Waals surface area contributed by atoms with Crippen LogP contribution in [0.2, 0.25) is 0 Å². The number of carbonyl (C=O) groups excluding carboxylic acids is 3. The van der Waals surface area contributed by atoms with Gasteiger partial charge in [0, 0.05) is 19.3 Å². The maximum atomic E-state index is 12.7. The second-order valence-corrected chi connectivity index (χ2v) is 17.8. The van der Waals surface area contributed by atoms with Gasteiger partial charge in [0.05, 0.1) is 0 Å². The van der Waals surface area contributed by atoms with Gasteiger partial charge in [-0.15, -0.1) is 0 Å². The number of allylic oxidation sites excluding steroid dienone is 18. The zero-order chi connectivity index (χ0) is 48.6. The quantitative estimate of drug-likeness (QED) is 0.0262. The molecule has 0 radical (unpaired) electrons. The third kappa shape index (κ3) is 52.9. The number of ether oxygens (including phenoxy) is 3. The summed E-state index contributed by atoms with van der Waals surface area (Å²) in [7, 11) is 0. The lowest BCUT2D eigenvalue weighted by Crippen LogP contribution is -2.30. The van der Waals surface area contributed by atoms with Gasteiger partial charge in [0.1, 0.15) is 13.2 Å². The molecule has 0 saturated carbocycles. The van der Waals surface area contributed by atoms with Gasteiger partial charge in [-0.1, -0.05) is 239 Å². The minimum atomic E-state index is -0.786. The molecule has 0 N–H and O–H groups in total. The zero-order valence-corrected chi connectivity index (χ0v) is 43.4. The van der Waals surface area contributed by atoms with Crippen LogP contribution in [-0.4, -0.2) is 37.2 Å². The van der Waals surface area contributed by atoms with E-state index in [-0.39, 0.29) is 31.1 Å². The summed E-state index contributed by atoms with van der Waals surface area (Å²) in [6.07, 6.45) is 73.8. The second kappa shape index (κ2) is 54.7. The summed E-state index contributed by atoms with van der Waals surface area (Å²) < 4.78 is 16.7. The molecule has 0 rings (SSSR count). The largest absolute Gasteiger partial charge is 0.462 e. The van der Waals surface area contributed by atoms with Crippen LogP contribution in [0.5, 0.6) is 0 Å². The Kier molecular flexibility index (Phi) is 51.5. The predicted molar refractivity (Wildman–Crippen MR) is 288 cm³/mol. The molecule has 0 aliphatic carbocycles. The molecule has 0 bridgehead atoms. The van der Waals surface area contributed by atoms with Gasteiger partial charge in [-0.05, 0) is 89.9 Å². The van der Waals surface area contributed by atoms with Gasteiger partial charge >= 0.3 is 17.9 Å². The van der Waals surface area contributed by atoms with E-state index in [0.29, 0.717) is 19.3 Å². The van der Waals surface area contributed by atoms with Gasteiger partial charge < -0.3 is 14.2 Å².